The minimum Gasteiger partial charge on any atom is -0.353 e. The van der Waals surface area contributed by atoms with Crippen molar-refractivity contribution < 1.29 is 4.79 Å². The fraction of sp³-hybridized carbons (Fsp3) is 0.615. The van der Waals surface area contributed by atoms with Crippen LogP contribution in [0.1, 0.15) is 50.8 Å². The first kappa shape index (κ1) is 12.8. The maximum atomic E-state index is 11.4. The van der Waals surface area contributed by atoms with Crippen LogP contribution in [0, 0.1) is 0 Å². The summed E-state index contributed by atoms with van der Waals surface area (Å²) in [5.41, 5.74) is 0.743. The van der Waals surface area contributed by atoms with Gasteiger partial charge >= 0.3 is 0 Å². The van der Waals surface area contributed by atoms with Crippen LogP contribution in [0.15, 0.2) is 12.3 Å². The fourth-order valence-electron chi connectivity index (χ4n) is 1.80. The van der Waals surface area contributed by atoms with Crippen LogP contribution in [0.3, 0.4) is 0 Å². The van der Waals surface area contributed by atoms with Gasteiger partial charge in [0.2, 0.25) is 5.91 Å². The number of rotatable bonds is 6. The second kappa shape index (κ2) is 6.33. The molecule has 5 nitrogen and oxygen atoms in total. The summed E-state index contributed by atoms with van der Waals surface area (Å²) < 4.78 is 1.90. The number of carbonyl (C=O) groups excluding carboxylic acids is 1. The molecule has 0 spiro atoms. The van der Waals surface area contributed by atoms with Gasteiger partial charge in [0.1, 0.15) is 5.69 Å². The standard InChI is InChI=1S/C13H20N4O/c1-2-3-9-14-13(18)8-7-11-10-17(16-15-11)12-5-4-6-12/h7-8,10,12H,2-6,9H2,1H3,(H,14,18)/b8-7-. The van der Waals surface area contributed by atoms with Crippen molar-refractivity contribution in [3.63, 3.8) is 0 Å². The molecule has 18 heavy (non-hydrogen) atoms. The highest BCUT2D eigenvalue weighted by molar-refractivity contribution is 5.91. The Morgan fingerprint density at radius 3 is 3.11 bits per heavy atom. The molecule has 0 unspecified atom stereocenters. The summed E-state index contributed by atoms with van der Waals surface area (Å²) in [6.45, 7) is 2.83. The molecule has 1 fully saturated rings. The second-order valence-electron chi connectivity index (χ2n) is 4.69. The SMILES string of the molecule is CCCCNC(=O)/C=C\c1cn(C2CCC2)nn1. The van der Waals surface area contributed by atoms with Gasteiger partial charge in [-0.05, 0) is 31.8 Å². The molecule has 0 aromatic carbocycles. The molecule has 0 saturated heterocycles. The molecule has 2 rings (SSSR count). The Labute approximate surface area is 107 Å². The number of nitrogens with zero attached hydrogens (tertiary/aromatic N) is 3. The summed E-state index contributed by atoms with van der Waals surface area (Å²) in [5, 5.41) is 10.9. The van der Waals surface area contributed by atoms with Crippen molar-refractivity contribution in [3.05, 3.63) is 18.0 Å². The van der Waals surface area contributed by atoms with Gasteiger partial charge in [0.15, 0.2) is 0 Å². The van der Waals surface area contributed by atoms with Gasteiger partial charge in [-0.2, -0.15) is 0 Å². The van der Waals surface area contributed by atoms with Crippen molar-refractivity contribution in [2.75, 3.05) is 6.54 Å². The number of nitrogens with one attached hydrogen (secondary N) is 1. The Hall–Kier alpha value is -1.65. The highest BCUT2D eigenvalue weighted by Gasteiger charge is 2.20. The Kier molecular flexibility index (Phi) is 4.50. The van der Waals surface area contributed by atoms with Crippen LogP contribution in [-0.2, 0) is 4.79 Å². The minimum absolute atomic E-state index is 0.0679. The van der Waals surface area contributed by atoms with Gasteiger partial charge in [-0.3, -0.25) is 4.79 Å². The lowest BCUT2D eigenvalue weighted by Gasteiger charge is -2.24. The van der Waals surface area contributed by atoms with Gasteiger partial charge in [0.05, 0.1) is 12.2 Å². The highest BCUT2D eigenvalue weighted by atomic mass is 16.1. The third kappa shape index (κ3) is 3.42. The number of carbonyl (C=O) groups is 1. The number of aromatic nitrogens is 3. The van der Waals surface area contributed by atoms with E-state index in [0.29, 0.717) is 6.04 Å². The maximum Gasteiger partial charge on any atom is 0.244 e. The van der Waals surface area contributed by atoms with Crippen LogP contribution >= 0.6 is 0 Å². The van der Waals surface area contributed by atoms with Crippen molar-refractivity contribution >= 4 is 12.0 Å². The first-order chi connectivity index (χ1) is 8.79. The van der Waals surface area contributed by atoms with E-state index in [4.69, 9.17) is 0 Å². The number of hydrogen-bond donors (Lipinski definition) is 1. The minimum atomic E-state index is -0.0679. The molecule has 1 aromatic rings. The Bertz CT molecular complexity index is 420. The zero-order chi connectivity index (χ0) is 12.8. The van der Waals surface area contributed by atoms with E-state index in [-0.39, 0.29) is 5.91 Å². The Morgan fingerprint density at radius 1 is 1.61 bits per heavy atom. The van der Waals surface area contributed by atoms with Crippen molar-refractivity contribution in [2.45, 2.75) is 45.1 Å². The Balaban J connectivity index is 1.80. The largest absolute Gasteiger partial charge is 0.353 e. The predicted molar refractivity (Wildman–Crippen MR) is 69.9 cm³/mol. The normalized spacial score (nSPS) is 15.8. The molecule has 1 aromatic heterocycles. The molecular weight excluding hydrogens is 228 g/mol. The van der Waals surface area contributed by atoms with E-state index in [2.05, 4.69) is 22.6 Å². The first-order valence-electron chi connectivity index (χ1n) is 6.67. The topological polar surface area (TPSA) is 59.8 Å². The third-order valence-corrected chi connectivity index (χ3v) is 3.21. The predicted octanol–water partition coefficient (Wildman–Crippen LogP) is 1.93. The van der Waals surface area contributed by atoms with Crippen LogP contribution in [-0.4, -0.2) is 27.4 Å². The summed E-state index contributed by atoms with van der Waals surface area (Å²) in [4.78, 5) is 11.4. The molecule has 1 N–H and O–H groups in total. The molecular formula is C13H20N4O. The monoisotopic (exact) mass is 248 g/mol. The van der Waals surface area contributed by atoms with Crippen LogP contribution in [0.2, 0.25) is 0 Å². The molecule has 1 amide bonds. The summed E-state index contributed by atoms with van der Waals surface area (Å²) in [5.74, 6) is -0.0679. The van der Waals surface area contributed by atoms with E-state index in [1.54, 1.807) is 6.08 Å². The fourth-order valence-corrected chi connectivity index (χ4v) is 1.80. The van der Waals surface area contributed by atoms with E-state index >= 15 is 0 Å². The van der Waals surface area contributed by atoms with Crippen LogP contribution in [0.5, 0.6) is 0 Å². The average Bonchev–Trinajstić information content (AvgIpc) is 2.73. The van der Waals surface area contributed by atoms with Gasteiger partial charge in [0.25, 0.3) is 0 Å². The third-order valence-electron chi connectivity index (χ3n) is 3.21. The Morgan fingerprint density at radius 2 is 2.44 bits per heavy atom. The lowest BCUT2D eigenvalue weighted by atomic mass is 9.93. The van der Waals surface area contributed by atoms with Crippen molar-refractivity contribution in [1.82, 2.24) is 20.3 Å². The second-order valence-corrected chi connectivity index (χ2v) is 4.69. The zero-order valence-corrected chi connectivity index (χ0v) is 10.8. The number of unbranched alkanes of at least 4 members (excludes halogenated alkanes) is 1. The highest BCUT2D eigenvalue weighted by Crippen LogP contribution is 2.30. The number of hydrogen-bond acceptors (Lipinski definition) is 3. The van der Waals surface area contributed by atoms with Gasteiger partial charge < -0.3 is 5.32 Å². The average molecular weight is 248 g/mol. The lowest BCUT2D eigenvalue weighted by Crippen LogP contribution is -2.21. The first-order valence-corrected chi connectivity index (χ1v) is 6.67. The van der Waals surface area contributed by atoms with Gasteiger partial charge in [-0.25, -0.2) is 4.68 Å². The quantitative estimate of drug-likeness (QED) is 0.618. The molecule has 0 atom stereocenters. The molecule has 1 saturated carbocycles. The molecule has 0 aliphatic heterocycles. The van der Waals surface area contributed by atoms with Crippen LogP contribution in [0.25, 0.3) is 6.08 Å². The zero-order valence-electron chi connectivity index (χ0n) is 10.8. The van der Waals surface area contributed by atoms with Crippen molar-refractivity contribution in [2.24, 2.45) is 0 Å². The molecule has 1 aliphatic carbocycles. The summed E-state index contributed by atoms with van der Waals surface area (Å²) in [6.07, 6.45) is 10.9. The van der Waals surface area contributed by atoms with E-state index < -0.39 is 0 Å². The van der Waals surface area contributed by atoms with E-state index in [1.165, 1.54) is 25.3 Å². The van der Waals surface area contributed by atoms with Crippen molar-refractivity contribution in [1.29, 1.82) is 0 Å². The van der Waals surface area contributed by atoms with Crippen LogP contribution in [0.4, 0.5) is 0 Å². The summed E-state index contributed by atoms with van der Waals surface area (Å²) in [7, 11) is 0. The molecule has 1 aliphatic rings. The van der Waals surface area contributed by atoms with Crippen LogP contribution < -0.4 is 5.32 Å². The summed E-state index contributed by atoms with van der Waals surface area (Å²) >= 11 is 0. The molecule has 0 radical (unpaired) electrons. The molecule has 5 heteroatoms. The smallest absolute Gasteiger partial charge is 0.244 e. The van der Waals surface area contributed by atoms with E-state index in [9.17, 15) is 4.79 Å². The van der Waals surface area contributed by atoms with E-state index in [1.807, 2.05) is 10.9 Å². The van der Waals surface area contributed by atoms with Gasteiger partial charge in [-0.15, -0.1) is 5.10 Å². The molecule has 1 heterocycles. The lowest BCUT2D eigenvalue weighted by molar-refractivity contribution is -0.116. The molecule has 98 valence electrons. The maximum absolute atomic E-state index is 11.4. The van der Waals surface area contributed by atoms with Gasteiger partial charge in [0, 0.05) is 12.6 Å². The molecule has 0 bridgehead atoms. The van der Waals surface area contributed by atoms with Crippen molar-refractivity contribution in [3.8, 4) is 0 Å². The van der Waals surface area contributed by atoms with E-state index in [0.717, 1.165) is 25.1 Å². The summed E-state index contributed by atoms with van der Waals surface area (Å²) in [6, 6.07) is 0.512. The number of amides is 1. The van der Waals surface area contributed by atoms with Gasteiger partial charge in [-0.1, -0.05) is 18.6 Å².